The van der Waals surface area contributed by atoms with Gasteiger partial charge in [0.15, 0.2) is 0 Å². The Morgan fingerprint density at radius 2 is 2.16 bits per heavy atom. The molecule has 0 atom stereocenters. The Morgan fingerprint density at radius 1 is 1.53 bits per heavy atom. The van der Waals surface area contributed by atoms with E-state index in [1.807, 2.05) is 0 Å². The lowest BCUT2D eigenvalue weighted by atomic mass is 10.1. The number of carbonyl (C=O) groups excluding carboxylic acids is 1. The van der Waals surface area contributed by atoms with E-state index in [-0.39, 0.29) is 17.2 Å². The minimum absolute atomic E-state index is 0.0396. The standard InChI is InChI=1S/C11H7ClF3NO2S/c1-2-18-10(17)7-3-6(12)4-9(8(7)5-16)19-11(13,14)15/h3-4H,2H2,1H3. The van der Waals surface area contributed by atoms with Crippen molar-refractivity contribution in [1.82, 2.24) is 0 Å². The summed E-state index contributed by atoms with van der Waals surface area (Å²) in [6, 6.07) is 3.67. The van der Waals surface area contributed by atoms with Gasteiger partial charge in [0.25, 0.3) is 0 Å². The monoisotopic (exact) mass is 309 g/mol. The van der Waals surface area contributed by atoms with E-state index in [0.717, 1.165) is 12.1 Å². The molecule has 8 heteroatoms. The van der Waals surface area contributed by atoms with Gasteiger partial charge in [-0.05, 0) is 30.8 Å². The summed E-state index contributed by atoms with van der Waals surface area (Å²) < 4.78 is 41.8. The molecule has 0 heterocycles. The molecule has 19 heavy (non-hydrogen) atoms. The van der Waals surface area contributed by atoms with E-state index in [9.17, 15) is 18.0 Å². The Morgan fingerprint density at radius 3 is 2.63 bits per heavy atom. The smallest absolute Gasteiger partial charge is 0.446 e. The minimum atomic E-state index is -4.58. The van der Waals surface area contributed by atoms with Gasteiger partial charge in [0.1, 0.15) is 6.07 Å². The van der Waals surface area contributed by atoms with Gasteiger partial charge < -0.3 is 4.74 Å². The van der Waals surface area contributed by atoms with Crippen LogP contribution in [-0.2, 0) is 4.74 Å². The fraction of sp³-hybridized carbons (Fsp3) is 0.273. The first-order valence-corrected chi connectivity index (χ1v) is 6.14. The SMILES string of the molecule is CCOC(=O)c1cc(Cl)cc(SC(F)(F)F)c1C#N. The average Bonchev–Trinajstić information content (AvgIpc) is 2.26. The van der Waals surface area contributed by atoms with E-state index < -0.39 is 33.7 Å². The lowest BCUT2D eigenvalue weighted by Gasteiger charge is -2.11. The maximum Gasteiger partial charge on any atom is 0.446 e. The van der Waals surface area contributed by atoms with Crippen LogP contribution in [0.4, 0.5) is 13.2 Å². The number of halogens is 4. The molecule has 0 amide bonds. The van der Waals surface area contributed by atoms with Gasteiger partial charge in [-0.3, -0.25) is 0 Å². The number of rotatable bonds is 3. The first-order valence-electron chi connectivity index (χ1n) is 4.95. The van der Waals surface area contributed by atoms with E-state index >= 15 is 0 Å². The highest BCUT2D eigenvalue weighted by Gasteiger charge is 2.32. The Balaban J connectivity index is 3.34. The molecule has 0 aliphatic rings. The van der Waals surface area contributed by atoms with Crippen molar-refractivity contribution >= 4 is 29.3 Å². The third kappa shape index (κ3) is 4.33. The fourth-order valence-corrected chi connectivity index (χ4v) is 2.25. The highest BCUT2D eigenvalue weighted by Crippen LogP contribution is 2.40. The number of thioether (sulfide) groups is 1. The van der Waals surface area contributed by atoms with Crippen LogP contribution in [0.25, 0.3) is 0 Å². The average molecular weight is 310 g/mol. The van der Waals surface area contributed by atoms with Gasteiger partial charge in [0, 0.05) is 9.92 Å². The predicted molar refractivity (Wildman–Crippen MR) is 64.0 cm³/mol. The van der Waals surface area contributed by atoms with Crippen molar-refractivity contribution in [3.05, 3.63) is 28.3 Å². The van der Waals surface area contributed by atoms with E-state index in [4.69, 9.17) is 16.9 Å². The topological polar surface area (TPSA) is 50.1 Å². The third-order valence-electron chi connectivity index (χ3n) is 1.90. The van der Waals surface area contributed by atoms with E-state index in [1.54, 1.807) is 13.0 Å². The summed E-state index contributed by atoms with van der Waals surface area (Å²) in [6.07, 6.45) is 0. The molecule has 102 valence electrons. The lowest BCUT2D eigenvalue weighted by molar-refractivity contribution is -0.0328. The predicted octanol–water partition coefficient (Wildman–Crippen LogP) is 4.00. The Kier molecular flexibility index (Phi) is 5.09. The molecule has 0 saturated carbocycles. The van der Waals surface area contributed by atoms with Crippen LogP contribution in [0.3, 0.4) is 0 Å². The summed E-state index contributed by atoms with van der Waals surface area (Å²) >= 11 is 5.16. The highest BCUT2D eigenvalue weighted by atomic mass is 35.5. The molecule has 0 bridgehead atoms. The van der Waals surface area contributed by atoms with Crippen LogP contribution in [0.15, 0.2) is 17.0 Å². The van der Waals surface area contributed by atoms with Crippen molar-refractivity contribution in [3.63, 3.8) is 0 Å². The molecule has 0 fully saturated rings. The molecule has 1 aromatic carbocycles. The van der Waals surface area contributed by atoms with Crippen LogP contribution >= 0.6 is 23.4 Å². The number of hydrogen-bond acceptors (Lipinski definition) is 4. The molecule has 0 radical (unpaired) electrons. The maximum atomic E-state index is 12.4. The molecule has 0 unspecified atom stereocenters. The fourth-order valence-electron chi connectivity index (χ4n) is 1.27. The number of carbonyl (C=O) groups is 1. The Labute approximate surface area is 116 Å². The Hall–Kier alpha value is -1.39. The summed E-state index contributed by atoms with van der Waals surface area (Å²) in [5.74, 6) is -0.884. The largest absolute Gasteiger partial charge is 0.462 e. The third-order valence-corrected chi connectivity index (χ3v) is 2.89. The zero-order valence-corrected chi connectivity index (χ0v) is 11.1. The molecule has 1 aromatic rings. The number of esters is 1. The first kappa shape index (κ1) is 15.7. The van der Waals surface area contributed by atoms with Crippen molar-refractivity contribution in [2.45, 2.75) is 17.3 Å². The molecular formula is C11H7ClF3NO2S. The summed E-state index contributed by atoms with van der Waals surface area (Å²) in [5, 5.41) is 8.85. The lowest BCUT2D eigenvalue weighted by Crippen LogP contribution is -2.09. The van der Waals surface area contributed by atoms with Crippen LogP contribution in [0, 0.1) is 11.3 Å². The second kappa shape index (κ2) is 6.17. The van der Waals surface area contributed by atoms with Crippen molar-refractivity contribution in [2.75, 3.05) is 6.61 Å². The van der Waals surface area contributed by atoms with Gasteiger partial charge in [0.2, 0.25) is 0 Å². The van der Waals surface area contributed by atoms with Crippen molar-refractivity contribution in [1.29, 1.82) is 5.26 Å². The van der Waals surface area contributed by atoms with Crippen LogP contribution in [-0.4, -0.2) is 18.1 Å². The number of nitriles is 1. The van der Waals surface area contributed by atoms with Crippen LogP contribution in [0.1, 0.15) is 22.8 Å². The van der Waals surface area contributed by atoms with Gasteiger partial charge in [-0.15, -0.1) is 0 Å². The molecular weight excluding hydrogens is 303 g/mol. The zero-order valence-electron chi connectivity index (χ0n) is 9.55. The quantitative estimate of drug-likeness (QED) is 0.625. The normalized spacial score (nSPS) is 10.9. The summed E-state index contributed by atoms with van der Waals surface area (Å²) in [6.45, 7) is 1.58. The number of hydrogen-bond donors (Lipinski definition) is 0. The number of benzene rings is 1. The van der Waals surface area contributed by atoms with Crippen molar-refractivity contribution in [2.24, 2.45) is 0 Å². The van der Waals surface area contributed by atoms with Crippen molar-refractivity contribution in [3.8, 4) is 6.07 Å². The maximum absolute atomic E-state index is 12.4. The zero-order chi connectivity index (χ0) is 14.6. The highest BCUT2D eigenvalue weighted by molar-refractivity contribution is 8.00. The van der Waals surface area contributed by atoms with Gasteiger partial charge in [0.05, 0.1) is 17.7 Å². The van der Waals surface area contributed by atoms with Gasteiger partial charge in [-0.1, -0.05) is 11.6 Å². The Bertz CT molecular complexity index is 540. The second-order valence-corrected chi connectivity index (χ2v) is 4.75. The van der Waals surface area contributed by atoms with Gasteiger partial charge in [-0.2, -0.15) is 18.4 Å². The molecule has 0 aromatic heterocycles. The molecule has 1 rings (SSSR count). The second-order valence-electron chi connectivity index (χ2n) is 3.21. The van der Waals surface area contributed by atoms with E-state index in [1.165, 1.54) is 0 Å². The molecule has 0 N–H and O–H groups in total. The number of ether oxygens (including phenoxy) is 1. The molecule has 0 aliphatic carbocycles. The van der Waals surface area contributed by atoms with Crippen LogP contribution in [0.2, 0.25) is 5.02 Å². The van der Waals surface area contributed by atoms with Crippen LogP contribution in [0.5, 0.6) is 0 Å². The van der Waals surface area contributed by atoms with Gasteiger partial charge in [-0.25, -0.2) is 4.79 Å². The summed E-state index contributed by atoms with van der Waals surface area (Å²) in [7, 11) is 0. The molecule has 0 saturated heterocycles. The van der Waals surface area contributed by atoms with E-state index in [2.05, 4.69) is 4.74 Å². The van der Waals surface area contributed by atoms with Gasteiger partial charge >= 0.3 is 11.5 Å². The van der Waals surface area contributed by atoms with Crippen LogP contribution < -0.4 is 0 Å². The molecule has 0 spiro atoms. The number of nitrogens with zero attached hydrogens (tertiary/aromatic N) is 1. The van der Waals surface area contributed by atoms with Crippen molar-refractivity contribution < 1.29 is 22.7 Å². The first-order chi connectivity index (χ1) is 8.78. The summed E-state index contributed by atoms with van der Waals surface area (Å²) in [4.78, 5) is 11.1. The summed E-state index contributed by atoms with van der Waals surface area (Å²) in [5.41, 5.74) is -5.25. The van der Waals surface area contributed by atoms with E-state index in [0.29, 0.717) is 0 Å². The minimum Gasteiger partial charge on any atom is -0.462 e. The number of alkyl halides is 3. The molecule has 3 nitrogen and oxygen atoms in total. The molecule has 0 aliphatic heterocycles.